The second kappa shape index (κ2) is 8.49. The zero-order valence-corrected chi connectivity index (χ0v) is 18.5. The third-order valence-corrected chi connectivity index (χ3v) is 6.26. The monoisotopic (exact) mass is 477 g/mol. The Morgan fingerprint density at radius 3 is 2.79 bits per heavy atom. The molecule has 0 saturated carbocycles. The third kappa shape index (κ3) is 4.08. The molecule has 3 nitrogen and oxygen atoms in total. The fourth-order valence-corrected chi connectivity index (χ4v) is 4.97. The summed E-state index contributed by atoms with van der Waals surface area (Å²) in [5, 5.41) is 1.57. The molecule has 3 aromatic rings. The molecule has 0 aliphatic heterocycles. The summed E-state index contributed by atoms with van der Waals surface area (Å²) in [6.45, 7) is 2.56. The zero-order valence-electron chi connectivity index (χ0n) is 16.2. The molecule has 1 aliphatic carbocycles. The number of esters is 1. The molecule has 1 heterocycles. The van der Waals surface area contributed by atoms with E-state index in [1.807, 2.05) is 31.2 Å². The van der Waals surface area contributed by atoms with E-state index in [1.54, 1.807) is 6.07 Å². The molecule has 0 spiro atoms. The number of hydrogen-bond donors (Lipinski definition) is 0. The van der Waals surface area contributed by atoms with Gasteiger partial charge in [0.15, 0.2) is 0 Å². The number of rotatable bonds is 5. The smallest absolute Gasteiger partial charge is 0.306 e. The molecule has 2 aromatic carbocycles. The predicted molar refractivity (Wildman–Crippen MR) is 117 cm³/mol. The van der Waals surface area contributed by atoms with Gasteiger partial charge in [-0.25, -0.2) is 4.39 Å². The molecule has 1 atom stereocenters. The molecule has 6 heteroatoms. The Morgan fingerprint density at radius 1 is 1.31 bits per heavy atom. The van der Waals surface area contributed by atoms with Gasteiger partial charge in [0.1, 0.15) is 11.9 Å². The van der Waals surface area contributed by atoms with E-state index in [0.717, 1.165) is 53.4 Å². The van der Waals surface area contributed by atoms with Crippen LogP contribution in [0.15, 0.2) is 40.9 Å². The first-order valence-corrected chi connectivity index (χ1v) is 11.1. The highest BCUT2D eigenvalue weighted by Crippen LogP contribution is 2.42. The number of hydrogen-bond acceptors (Lipinski definition) is 2. The fraction of sp³-hybridized carbons (Fsp3) is 0.348. The first-order chi connectivity index (χ1) is 14.0. The SMILES string of the molecule is CCCC(=O)OC1CCCc2c1n(Cc1ccc(Cl)cc1)c1c(Br)cc(F)cc21. The van der Waals surface area contributed by atoms with Crippen LogP contribution in [0.2, 0.25) is 5.02 Å². The Morgan fingerprint density at radius 2 is 2.07 bits per heavy atom. The van der Waals surface area contributed by atoms with Gasteiger partial charge in [-0.05, 0) is 77.0 Å². The van der Waals surface area contributed by atoms with E-state index in [1.165, 1.54) is 6.07 Å². The van der Waals surface area contributed by atoms with Crippen LogP contribution in [0, 0.1) is 5.82 Å². The van der Waals surface area contributed by atoms with Gasteiger partial charge in [-0.3, -0.25) is 4.79 Å². The highest BCUT2D eigenvalue weighted by molar-refractivity contribution is 9.10. The lowest BCUT2D eigenvalue weighted by molar-refractivity contribution is -0.150. The molecule has 0 N–H and O–H groups in total. The quantitative estimate of drug-likeness (QED) is 0.371. The van der Waals surface area contributed by atoms with Gasteiger partial charge in [0.2, 0.25) is 0 Å². The first-order valence-electron chi connectivity index (χ1n) is 9.92. The molecule has 1 unspecified atom stereocenters. The largest absolute Gasteiger partial charge is 0.456 e. The average Bonchev–Trinajstić information content (AvgIpc) is 2.99. The van der Waals surface area contributed by atoms with Crippen molar-refractivity contribution in [3.63, 3.8) is 0 Å². The number of fused-ring (bicyclic) bond motifs is 3. The lowest BCUT2D eigenvalue weighted by atomic mass is 9.93. The van der Waals surface area contributed by atoms with E-state index in [9.17, 15) is 9.18 Å². The van der Waals surface area contributed by atoms with Crippen LogP contribution in [0.4, 0.5) is 4.39 Å². The van der Waals surface area contributed by atoms with Crippen molar-refractivity contribution in [1.29, 1.82) is 0 Å². The van der Waals surface area contributed by atoms with Crippen LogP contribution < -0.4 is 0 Å². The minimum absolute atomic E-state index is 0.182. The van der Waals surface area contributed by atoms with Crippen LogP contribution in [0.3, 0.4) is 0 Å². The summed E-state index contributed by atoms with van der Waals surface area (Å²) < 4.78 is 23.0. The Labute approximate surface area is 182 Å². The van der Waals surface area contributed by atoms with Crippen molar-refractivity contribution in [1.82, 2.24) is 4.57 Å². The number of halogens is 3. The maximum absolute atomic E-state index is 14.2. The van der Waals surface area contributed by atoms with Gasteiger partial charge in [0, 0.05) is 27.8 Å². The maximum Gasteiger partial charge on any atom is 0.306 e. The second-order valence-electron chi connectivity index (χ2n) is 7.48. The highest BCUT2D eigenvalue weighted by atomic mass is 79.9. The molecule has 0 saturated heterocycles. The molecule has 0 amide bonds. The van der Waals surface area contributed by atoms with Crippen molar-refractivity contribution in [3.05, 3.63) is 68.5 Å². The highest BCUT2D eigenvalue weighted by Gasteiger charge is 2.31. The summed E-state index contributed by atoms with van der Waals surface area (Å²) >= 11 is 9.60. The van der Waals surface area contributed by atoms with Crippen LogP contribution in [0.1, 0.15) is 55.5 Å². The van der Waals surface area contributed by atoms with Crippen LogP contribution in [-0.4, -0.2) is 10.5 Å². The van der Waals surface area contributed by atoms with Gasteiger partial charge in [-0.1, -0.05) is 30.7 Å². The summed E-state index contributed by atoms with van der Waals surface area (Å²) in [7, 11) is 0. The molecule has 1 aromatic heterocycles. The van der Waals surface area contributed by atoms with Gasteiger partial charge in [0.05, 0.1) is 11.2 Å². The topological polar surface area (TPSA) is 31.2 Å². The molecule has 29 heavy (non-hydrogen) atoms. The van der Waals surface area contributed by atoms with E-state index in [-0.39, 0.29) is 17.9 Å². The summed E-state index contributed by atoms with van der Waals surface area (Å²) in [6.07, 6.45) is 3.37. The molecule has 4 rings (SSSR count). The summed E-state index contributed by atoms with van der Waals surface area (Å²) in [5.74, 6) is -0.459. The average molecular weight is 479 g/mol. The van der Waals surface area contributed by atoms with E-state index in [4.69, 9.17) is 16.3 Å². The molecule has 0 fully saturated rings. The molecule has 0 bridgehead atoms. The first kappa shape index (κ1) is 20.4. The van der Waals surface area contributed by atoms with Crippen molar-refractivity contribution in [2.45, 2.75) is 51.7 Å². The number of ether oxygens (including phenoxy) is 1. The van der Waals surface area contributed by atoms with Gasteiger partial charge in [-0.2, -0.15) is 0 Å². The normalized spacial score (nSPS) is 16.1. The molecular weight excluding hydrogens is 457 g/mol. The Kier molecular flexibility index (Phi) is 5.98. The number of aromatic nitrogens is 1. The summed E-state index contributed by atoms with van der Waals surface area (Å²) in [4.78, 5) is 12.2. The zero-order chi connectivity index (χ0) is 20.5. The standard InChI is InChI=1S/C23H22BrClFNO2/c1-2-4-21(28)29-20-6-3-5-17-18-11-16(26)12-19(24)22(18)27(23(17)20)13-14-7-9-15(25)10-8-14/h7-12,20H,2-6,13H2,1H3. The van der Waals surface area contributed by atoms with Crippen LogP contribution >= 0.6 is 27.5 Å². The lowest BCUT2D eigenvalue weighted by Gasteiger charge is -2.26. The van der Waals surface area contributed by atoms with E-state index in [2.05, 4.69) is 20.5 Å². The Balaban J connectivity index is 1.87. The lowest BCUT2D eigenvalue weighted by Crippen LogP contribution is -2.20. The van der Waals surface area contributed by atoms with Crippen molar-refractivity contribution in [2.75, 3.05) is 0 Å². The number of carbonyl (C=O) groups excluding carboxylic acids is 1. The van der Waals surface area contributed by atoms with Crippen LogP contribution in [-0.2, 0) is 22.5 Å². The van der Waals surface area contributed by atoms with Gasteiger partial charge in [0.25, 0.3) is 0 Å². The Bertz CT molecular complexity index is 1060. The number of aryl methyl sites for hydroxylation is 1. The van der Waals surface area contributed by atoms with Gasteiger partial charge in [-0.15, -0.1) is 0 Å². The number of nitrogens with zero attached hydrogens (tertiary/aromatic N) is 1. The van der Waals surface area contributed by atoms with Crippen molar-refractivity contribution in [2.24, 2.45) is 0 Å². The van der Waals surface area contributed by atoms with Crippen LogP contribution in [0.25, 0.3) is 10.9 Å². The predicted octanol–water partition coefficient (Wildman–Crippen LogP) is 6.97. The van der Waals surface area contributed by atoms with Gasteiger partial charge < -0.3 is 9.30 Å². The number of carbonyl (C=O) groups is 1. The maximum atomic E-state index is 14.2. The molecular formula is C23H22BrClFNO2. The van der Waals surface area contributed by atoms with Crippen LogP contribution in [0.5, 0.6) is 0 Å². The summed E-state index contributed by atoms with van der Waals surface area (Å²) in [6, 6.07) is 10.8. The Hall–Kier alpha value is -1.85. The third-order valence-electron chi connectivity index (χ3n) is 5.40. The fourth-order valence-electron chi connectivity index (χ4n) is 4.20. The van der Waals surface area contributed by atoms with Crippen molar-refractivity contribution in [3.8, 4) is 0 Å². The summed E-state index contributed by atoms with van der Waals surface area (Å²) in [5.41, 5.74) is 4.07. The molecule has 1 aliphatic rings. The minimum Gasteiger partial charge on any atom is -0.456 e. The van der Waals surface area contributed by atoms with Gasteiger partial charge >= 0.3 is 5.97 Å². The minimum atomic E-state index is -0.313. The van der Waals surface area contributed by atoms with E-state index >= 15 is 0 Å². The van der Waals surface area contributed by atoms with Crippen molar-refractivity contribution >= 4 is 44.4 Å². The molecule has 0 radical (unpaired) electrons. The second-order valence-corrected chi connectivity index (χ2v) is 8.77. The van der Waals surface area contributed by atoms with Crippen molar-refractivity contribution < 1.29 is 13.9 Å². The van der Waals surface area contributed by atoms with E-state index in [0.29, 0.717) is 22.5 Å². The number of benzene rings is 2. The van der Waals surface area contributed by atoms with E-state index < -0.39 is 0 Å². The molecule has 152 valence electrons.